The van der Waals surface area contributed by atoms with Crippen LogP contribution in [0, 0.1) is 0 Å². The second-order valence-corrected chi connectivity index (χ2v) is 10.1. The summed E-state index contributed by atoms with van der Waals surface area (Å²) in [4.78, 5) is 23.1. The summed E-state index contributed by atoms with van der Waals surface area (Å²) < 4.78 is 2.01. The summed E-state index contributed by atoms with van der Waals surface area (Å²) in [6, 6.07) is 19.8. The maximum atomic E-state index is 13.5. The van der Waals surface area contributed by atoms with Gasteiger partial charge in [-0.05, 0) is 48.5 Å². The van der Waals surface area contributed by atoms with Crippen LogP contribution in [0.1, 0.15) is 23.2 Å². The predicted molar refractivity (Wildman–Crippen MR) is 137 cm³/mol. The van der Waals surface area contributed by atoms with Crippen LogP contribution in [0.4, 0.5) is 0 Å². The van der Waals surface area contributed by atoms with Crippen molar-refractivity contribution in [2.45, 2.75) is 11.8 Å². The second-order valence-electron chi connectivity index (χ2n) is 6.96. The number of halogens is 4. The highest BCUT2D eigenvalue weighted by atomic mass is 79.9. The largest absolute Gasteiger partial charge is 0.298 e. The number of ketones is 1. The second kappa shape index (κ2) is 9.55. The van der Waals surface area contributed by atoms with Gasteiger partial charge in [0.15, 0.2) is 5.78 Å². The lowest BCUT2D eigenvalue weighted by Crippen LogP contribution is -2.24. The monoisotopic (exact) mass is 652 g/mol. The lowest BCUT2D eigenvalue weighted by atomic mass is 9.89. The maximum absolute atomic E-state index is 13.5. The number of rotatable bonds is 6. The van der Waals surface area contributed by atoms with Crippen LogP contribution in [-0.4, -0.2) is 26.4 Å². The van der Waals surface area contributed by atoms with Gasteiger partial charge in [0.1, 0.15) is 0 Å². The molecule has 0 aliphatic rings. The molecule has 30 heavy (non-hydrogen) atoms. The van der Waals surface area contributed by atoms with E-state index in [-0.39, 0.29) is 17.6 Å². The van der Waals surface area contributed by atoms with Crippen LogP contribution in [0.5, 0.6) is 0 Å². The van der Waals surface area contributed by atoms with Crippen molar-refractivity contribution in [3.63, 3.8) is 0 Å². The molecule has 4 rings (SSSR count). The first-order valence-corrected chi connectivity index (χ1v) is 13.1. The van der Waals surface area contributed by atoms with E-state index in [1.54, 1.807) is 0 Å². The van der Waals surface area contributed by atoms with Gasteiger partial charge in [-0.2, -0.15) is 0 Å². The highest BCUT2D eigenvalue weighted by Gasteiger charge is 2.30. The molecule has 7 heteroatoms. The Kier molecular flexibility index (Phi) is 7.02. The van der Waals surface area contributed by atoms with Crippen molar-refractivity contribution in [3.8, 4) is 0 Å². The highest BCUT2D eigenvalue weighted by molar-refractivity contribution is 9.11. The van der Waals surface area contributed by atoms with Crippen molar-refractivity contribution in [2.75, 3.05) is 10.7 Å². The summed E-state index contributed by atoms with van der Waals surface area (Å²) in [5.41, 5.74) is 3.28. The molecule has 0 fully saturated rings. The average Bonchev–Trinajstić information content (AvgIpc) is 2.75. The fourth-order valence-electron chi connectivity index (χ4n) is 3.46. The van der Waals surface area contributed by atoms with Gasteiger partial charge in [-0.25, -0.2) is 0 Å². The van der Waals surface area contributed by atoms with Gasteiger partial charge in [0.25, 0.3) is 0 Å². The van der Waals surface area contributed by atoms with Crippen LogP contribution < -0.4 is 0 Å². The fraction of sp³-hybridized carbons (Fsp3) is 0.174. The van der Waals surface area contributed by atoms with Crippen LogP contribution in [-0.2, 0) is 4.79 Å². The van der Waals surface area contributed by atoms with Crippen LogP contribution in [0.15, 0.2) is 69.6 Å². The zero-order valence-electron chi connectivity index (χ0n) is 15.7. The third-order valence-electron chi connectivity index (χ3n) is 5.06. The Morgan fingerprint density at radius 3 is 1.53 bits per heavy atom. The summed E-state index contributed by atoms with van der Waals surface area (Å²) in [5.74, 6) is -0.623. The fourth-order valence-corrected chi connectivity index (χ4v) is 5.52. The number of benzene rings is 2. The van der Waals surface area contributed by atoms with E-state index in [2.05, 4.69) is 63.7 Å². The predicted octanol–water partition coefficient (Wildman–Crippen LogP) is 7.53. The molecule has 4 aromatic rings. The zero-order valence-corrected chi connectivity index (χ0v) is 22.0. The van der Waals surface area contributed by atoms with Crippen molar-refractivity contribution in [3.05, 3.63) is 81.0 Å². The van der Waals surface area contributed by atoms with Crippen LogP contribution >= 0.6 is 63.7 Å². The molecule has 152 valence electrons. The van der Waals surface area contributed by atoms with E-state index in [9.17, 15) is 4.79 Å². The van der Waals surface area contributed by atoms with E-state index >= 15 is 0 Å². The number of carbonyl (C=O) groups is 1. The number of alkyl halides is 2. The number of pyridine rings is 2. The quantitative estimate of drug-likeness (QED) is 0.202. The van der Waals surface area contributed by atoms with Crippen molar-refractivity contribution in [1.82, 2.24) is 9.97 Å². The molecule has 2 aromatic heterocycles. The smallest absolute Gasteiger partial charge is 0.152 e. The first kappa shape index (κ1) is 22.1. The minimum Gasteiger partial charge on any atom is -0.298 e. The first-order chi connectivity index (χ1) is 14.5. The molecule has 0 aliphatic heterocycles. The number of fused-ring (bicyclic) bond motifs is 2. The van der Waals surface area contributed by atoms with Gasteiger partial charge in [-0.15, -0.1) is 0 Å². The molecule has 0 amide bonds. The van der Waals surface area contributed by atoms with Gasteiger partial charge in [0.05, 0.1) is 34.3 Å². The molecule has 2 heterocycles. The van der Waals surface area contributed by atoms with Crippen LogP contribution in [0.2, 0.25) is 0 Å². The number of hydrogen-bond donors (Lipinski definition) is 0. The Morgan fingerprint density at radius 2 is 1.13 bits per heavy atom. The molecule has 0 N–H and O–H groups in total. The zero-order chi connectivity index (χ0) is 21.3. The Labute approximate surface area is 208 Å². The molecule has 0 radical (unpaired) electrons. The maximum Gasteiger partial charge on any atom is 0.152 e. The molecule has 0 saturated heterocycles. The van der Waals surface area contributed by atoms with E-state index in [0.717, 1.165) is 42.1 Å². The van der Waals surface area contributed by atoms with Gasteiger partial charge in [-0.3, -0.25) is 14.8 Å². The molecule has 2 unspecified atom stereocenters. The van der Waals surface area contributed by atoms with E-state index in [1.165, 1.54) is 0 Å². The molecular weight excluding hydrogens is 640 g/mol. The van der Waals surface area contributed by atoms with Crippen LogP contribution in [0.3, 0.4) is 0 Å². The third-order valence-corrected chi connectivity index (χ3v) is 7.34. The molecular formula is C23H16Br4N2O. The van der Waals surface area contributed by atoms with E-state index in [4.69, 9.17) is 9.97 Å². The third kappa shape index (κ3) is 4.54. The van der Waals surface area contributed by atoms with E-state index in [1.807, 2.05) is 60.7 Å². The molecule has 0 spiro atoms. The minimum atomic E-state index is -0.358. The number of aromatic nitrogens is 2. The SMILES string of the molecule is O=C(C(CBr)c1ccc2cc(Br)ccc2n1)C(CBr)c1ccc2cc(Br)ccc2n1. The lowest BCUT2D eigenvalue weighted by Gasteiger charge is -2.20. The molecule has 0 bridgehead atoms. The number of hydrogen-bond acceptors (Lipinski definition) is 3. The molecule has 0 aliphatic carbocycles. The molecule has 3 nitrogen and oxygen atoms in total. The average molecular weight is 656 g/mol. The van der Waals surface area contributed by atoms with Crippen LogP contribution in [0.25, 0.3) is 21.8 Å². The number of nitrogens with zero attached hydrogens (tertiary/aromatic N) is 2. The topological polar surface area (TPSA) is 42.9 Å². The number of carbonyl (C=O) groups excluding carboxylic acids is 1. The van der Waals surface area contributed by atoms with Crippen molar-refractivity contribution < 1.29 is 4.79 Å². The standard InChI is InChI=1S/C23H16Br4N2O/c24-11-17(21-5-1-13-9-15(26)3-7-19(13)28-21)23(30)18(12-25)22-6-2-14-10-16(27)4-8-20(14)29-22/h1-10,17-18H,11-12H2. The lowest BCUT2D eigenvalue weighted by molar-refractivity contribution is -0.121. The first-order valence-electron chi connectivity index (χ1n) is 9.28. The van der Waals surface area contributed by atoms with Crippen molar-refractivity contribution in [1.29, 1.82) is 0 Å². The Bertz CT molecular complexity index is 1150. The van der Waals surface area contributed by atoms with Gasteiger partial charge in [0.2, 0.25) is 0 Å². The highest BCUT2D eigenvalue weighted by Crippen LogP contribution is 2.31. The Hall–Kier alpha value is -1.15. The summed E-state index contributed by atoms with van der Waals surface area (Å²) in [5, 5.41) is 3.08. The molecule has 2 aromatic carbocycles. The number of Topliss-reactive ketones (excluding diaryl/α,β-unsaturated/α-hetero) is 1. The van der Waals surface area contributed by atoms with E-state index < -0.39 is 0 Å². The Morgan fingerprint density at radius 1 is 0.700 bits per heavy atom. The van der Waals surface area contributed by atoms with Gasteiger partial charge < -0.3 is 0 Å². The van der Waals surface area contributed by atoms with Crippen molar-refractivity contribution >= 4 is 91.3 Å². The van der Waals surface area contributed by atoms with Gasteiger partial charge in [-0.1, -0.05) is 75.9 Å². The van der Waals surface area contributed by atoms with E-state index in [0.29, 0.717) is 10.7 Å². The molecule has 2 atom stereocenters. The Balaban J connectivity index is 1.69. The summed E-state index contributed by atoms with van der Waals surface area (Å²) in [6.45, 7) is 0. The van der Waals surface area contributed by atoms with Gasteiger partial charge >= 0.3 is 0 Å². The minimum absolute atomic E-state index is 0.0941. The molecule has 0 saturated carbocycles. The summed E-state index contributed by atoms with van der Waals surface area (Å²) >= 11 is 14.1. The van der Waals surface area contributed by atoms with Gasteiger partial charge in [0, 0.05) is 30.4 Å². The summed E-state index contributed by atoms with van der Waals surface area (Å²) in [6.07, 6.45) is 0. The summed E-state index contributed by atoms with van der Waals surface area (Å²) in [7, 11) is 0. The van der Waals surface area contributed by atoms with Crippen molar-refractivity contribution in [2.24, 2.45) is 0 Å². The normalized spacial score (nSPS) is 13.5.